The number of phenols is 1. The summed E-state index contributed by atoms with van der Waals surface area (Å²) in [6, 6.07) is 11.4. The predicted octanol–water partition coefficient (Wildman–Crippen LogP) is 3.93. The first-order valence-corrected chi connectivity index (χ1v) is 6.84. The highest BCUT2D eigenvalue weighted by atomic mass is 79.9. The quantitative estimate of drug-likeness (QED) is 0.752. The number of H-pyrrole nitrogens is 1. The van der Waals surface area contributed by atoms with Crippen LogP contribution < -0.4 is 0 Å². The Labute approximate surface area is 119 Å². The van der Waals surface area contributed by atoms with Crippen LogP contribution in [0.25, 0.3) is 11.0 Å². The Morgan fingerprint density at radius 3 is 2.84 bits per heavy atom. The highest BCUT2D eigenvalue weighted by Crippen LogP contribution is 2.24. The number of rotatable bonds is 2. The van der Waals surface area contributed by atoms with Crippen molar-refractivity contribution in [1.82, 2.24) is 9.97 Å². The van der Waals surface area contributed by atoms with E-state index in [9.17, 15) is 5.11 Å². The normalized spacial score (nSPS) is 11.1. The molecule has 0 bridgehead atoms. The molecule has 19 heavy (non-hydrogen) atoms. The number of aromatic hydroxyl groups is 1. The molecule has 2 aromatic carbocycles. The van der Waals surface area contributed by atoms with E-state index in [0.29, 0.717) is 12.2 Å². The third-order valence-electron chi connectivity index (χ3n) is 3.14. The smallest absolute Gasteiger partial charge is 0.119 e. The van der Waals surface area contributed by atoms with Crippen LogP contribution >= 0.6 is 15.9 Å². The fourth-order valence-corrected chi connectivity index (χ4v) is 2.79. The van der Waals surface area contributed by atoms with Gasteiger partial charge in [-0.25, -0.2) is 4.98 Å². The number of benzene rings is 2. The topological polar surface area (TPSA) is 48.9 Å². The lowest BCUT2D eigenvalue weighted by Crippen LogP contribution is -1.90. The van der Waals surface area contributed by atoms with Crippen molar-refractivity contribution in [2.45, 2.75) is 13.3 Å². The molecule has 0 spiro atoms. The molecular weight excluding hydrogens is 304 g/mol. The number of nitrogens with zero attached hydrogens (tertiary/aromatic N) is 1. The van der Waals surface area contributed by atoms with E-state index in [1.54, 1.807) is 6.07 Å². The van der Waals surface area contributed by atoms with E-state index in [1.165, 1.54) is 0 Å². The van der Waals surface area contributed by atoms with Crippen molar-refractivity contribution < 1.29 is 5.11 Å². The maximum Gasteiger partial charge on any atom is 0.119 e. The summed E-state index contributed by atoms with van der Waals surface area (Å²) in [5.41, 5.74) is 3.99. The largest absolute Gasteiger partial charge is 0.508 e. The molecule has 2 N–H and O–H groups in total. The molecule has 0 saturated heterocycles. The predicted molar refractivity (Wildman–Crippen MR) is 79.4 cm³/mol. The van der Waals surface area contributed by atoms with Gasteiger partial charge in [0.15, 0.2) is 0 Å². The SMILES string of the molecule is Cc1cc(Br)cc2[nH]c(Cc3ccccc3O)nc12. The Morgan fingerprint density at radius 2 is 2.05 bits per heavy atom. The average molecular weight is 317 g/mol. The highest BCUT2D eigenvalue weighted by Gasteiger charge is 2.08. The van der Waals surface area contributed by atoms with Gasteiger partial charge in [0.2, 0.25) is 0 Å². The average Bonchev–Trinajstić information content (AvgIpc) is 2.75. The minimum absolute atomic E-state index is 0.306. The van der Waals surface area contributed by atoms with Gasteiger partial charge >= 0.3 is 0 Å². The second kappa shape index (κ2) is 4.70. The fraction of sp³-hybridized carbons (Fsp3) is 0.133. The van der Waals surface area contributed by atoms with E-state index in [0.717, 1.165) is 32.5 Å². The third kappa shape index (κ3) is 2.36. The fourth-order valence-electron chi connectivity index (χ4n) is 2.22. The lowest BCUT2D eigenvalue weighted by Gasteiger charge is -2.00. The van der Waals surface area contributed by atoms with Crippen molar-refractivity contribution >= 4 is 27.0 Å². The number of aromatic nitrogens is 2. The van der Waals surface area contributed by atoms with Gasteiger partial charge in [-0.05, 0) is 30.7 Å². The summed E-state index contributed by atoms with van der Waals surface area (Å²) in [6.07, 6.45) is 0.596. The summed E-state index contributed by atoms with van der Waals surface area (Å²) in [4.78, 5) is 7.90. The van der Waals surface area contributed by atoms with Crippen LogP contribution in [-0.4, -0.2) is 15.1 Å². The standard InChI is InChI=1S/C15H13BrN2O/c1-9-6-11(16)8-12-15(9)18-14(17-12)7-10-4-2-3-5-13(10)19/h2-6,8,19H,7H2,1H3,(H,17,18). The minimum Gasteiger partial charge on any atom is -0.508 e. The molecule has 1 aromatic heterocycles. The van der Waals surface area contributed by atoms with Crippen molar-refractivity contribution in [2.24, 2.45) is 0 Å². The maximum absolute atomic E-state index is 9.80. The van der Waals surface area contributed by atoms with Crippen LogP contribution in [0.3, 0.4) is 0 Å². The van der Waals surface area contributed by atoms with Gasteiger partial charge in [0.1, 0.15) is 11.6 Å². The van der Waals surface area contributed by atoms with E-state index in [1.807, 2.05) is 37.3 Å². The molecule has 4 heteroatoms. The summed E-state index contributed by atoms with van der Waals surface area (Å²) in [5, 5.41) is 9.80. The summed E-state index contributed by atoms with van der Waals surface area (Å²) >= 11 is 3.48. The Hall–Kier alpha value is -1.81. The minimum atomic E-state index is 0.306. The zero-order valence-electron chi connectivity index (χ0n) is 10.4. The molecular formula is C15H13BrN2O. The molecule has 0 amide bonds. The monoisotopic (exact) mass is 316 g/mol. The van der Waals surface area contributed by atoms with Gasteiger partial charge in [-0.15, -0.1) is 0 Å². The van der Waals surface area contributed by atoms with Gasteiger partial charge in [-0.1, -0.05) is 34.1 Å². The number of nitrogens with one attached hydrogen (secondary N) is 1. The first-order chi connectivity index (χ1) is 9.13. The van der Waals surface area contributed by atoms with Gasteiger partial charge in [0, 0.05) is 16.5 Å². The van der Waals surface area contributed by atoms with Crippen molar-refractivity contribution in [2.75, 3.05) is 0 Å². The molecule has 0 fully saturated rings. The zero-order chi connectivity index (χ0) is 13.4. The van der Waals surface area contributed by atoms with Gasteiger partial charge in [-0.2, -0.15) is 0 Å². The van der Waals surface area contributed by atoms with Crippen molar-refractivity contribution in [3.63, 3.8) is 0 Å². The number of aryl methyl sites for hydroxylation is 1. The number of fused-ring (bicyclic) bond motifs is 1. The molecule has 3 rings (SSSR count). The Balaban J connectivity index is 2.03. The number of aromatic amines is 1. The second-order valence-corrected chi connectivity index (χ2v) is 5.52. The lowest BCUT2D eigenvalue weighted by atomic mass is 10.1. The first kappa shape index (κ1) is 12.2. The van der Waals surface area contributed by atoms with Gasteiger partial charge in [0.25, 0.3) is 0 Å². The van der Waals surface area contributed by atoms with Crippen LogP contribution in [0.4, 0.5) is 0 Å². The van der Waals surface area contributed by atoms with Crippen LogP contribution in [0.15, 0.2) is 40.9 Å². The van der Waals surface area contributed by atoms with Crippen LogP contribution in [0.5, 0.6) is 5.75 Å². The number of imidazole rings is 1. The Bertz CT molecular complexity index is 749. The third-order valence-corrected chi connectivity index (χ3v) is 3.60. The molecule has 0 saturated carbocycles. The molecule has 3 nitrogen and oxygen atoms in total. The van der Waals surface area contributed by atoms with E-state index >= 15 is 0 Å². The van der Waals surface area contributed by atoms with Crippen LogP contribution in [0.2, 0.25) is 0 Å². The Kier molecular flexibility index (Phi) is 3.03. The Morgan fingerprint density at radius 1 is 1.26 bits per heavy atom. The van der Waals surface area contributed by atoms with Gasteiger partial charge in [0.05, 0.1) is 11.0 Å². The maximum atomic E-state index is 9.80. The molecule has 1 heterocycles. The summed E-state index contributed by atoms with van der Waals surface area (Å²) in [7, 11) is 0. The zero-order valence-corrected chi connectivity index (χ0v) is 12.0. The summed E-state index contributed by atoms with van der Waals surface area (Å²) in [5.74, 6) is 1.17. The molecule has 0 aliphatic rings. The molecule has 0 aliphatic carbocycles. The number of hydrogen-bond donors (Lipinski definition) is 2. The van der Waals surface area contributed by atoms with Crippen molar-refractivity contribution in [1.29, 1.82) is 0 Å². The number of hydrogen-bond acceptors (Lipinski definition) is 2. The molecule has 0 radical (unpaired) electrons. The number of halogens is 1. The van der Waals surface area contributed by atoms with E-state index < -0.39 is 0 Å². The van der Waals surface area contributed by atoms with Gasteiger partial charge < -0.3 is 10.1 Å². The molecule has 96 valence electrons. The van der Waals surface area contributed by atoms with E-state index in [2.05, 4.69) is 25.9 Å². The molecule has 0 unspecified atom stereocenters. The van der Waals surface area contributed by atoms with Crippen LogP contribution in [-0.2, 0) is 6.42 Å². The first-order valence-electron chi connectivity index (χ1n) is 6.05. The molecule has 0 atom stereocenters. The van der Waals surface area contributed by atoms with Gasteiger partial charge in [-0.3, -0.25) is 0 Å². The van der Waals surface area contributed by atoms with Crippen LogP contribution in [0.1, 0.15) is 17.0 Å². The van der Waals surface area contributed by atoms with Crippen molar-refractivity contribution in [3.05, 3.63) is 57.8 Å². The molecule has 3 aromatic rings. The number of para-hydroxylation sites is 1. The van der Waals surface area contributed by atoms with Crippen LogP contribution in [0, 0.1) is 6.92 Å². The molecule has 0 aliphatic heterocycles. The summed E-state index contributed by atoms with van der Waals surface area (Å²) in [6.45, 7) is 2.04. The lowest BCUT2D eigenvalue weighted by molar-refractivity contribution is 0.469. The number of phenolic OH excluding ortho intramolecular Hbond substituents is 1. The second-order valence-electron chi connectivity index (χ2n) is 4.61. The van der Waals surface area contributed by atoms with E-state index in [4.69, 9.17) is 0 Å². The summed E-state index contributed by atoms with van der Waals surface area (Å²) < 4.78 is 1.04. The highest BCUT2D eigenvalue weighted by molar-refractivity contribution is 9.10. The van der Waals surface area contributed by atoms with Crippen molar-refractivity contribution in [3.8, 4) is 5.75 Å². The van der Waals surface area contributed by atoms with E-state index in [-0.39, 0.29) is 0 Å².